The van der Waals surface area contributed by atoms with Crippen molar-refractivity contribution < 1.29 is 0 Å². The number of benzene rings is 2. The number of aryl methyl sites for hydroxylation is 1. The first kappa shape index (κ1) is 14.3. The summed E-state index contributed by atoms with van der Waals surface area (Å²) in [6.07, 6.45) is 3.59. The molecule has 0 aliphatic heterocycles. The van der Waals surface area contributed by atoms with Crippen molar-refractivity contribution >= 4 is 0 Å². The number of rotatable bonds is 6. The van der Waals surface area contributed by atoms with Crippen molar-refractivity contribution in [3.63, 3.8) is 0 Å². The Morgan fingerprint density at radius 1 is 1.05 bits per heavy atom. The van der Waals surface area contributed by atoms with Crippen LogP contribution in [0.1, 0.15) is 54.5 Å². The third-order valence-corrected chi connectivity index (χ3v) is 4.60. The summed E-state index contributed by atoms with van der Waals surface area (Å²) in [6.45, 7) is 5.45. The highest BCUT2D eigenvalue weighted by atomic mass is 14.9. The Labute approximate surface area is 128 Å². The van der Waals surface area contributed by atoms with Gasteiger partial charge in [-0.05, 0) is 41.6 Å². The molecule has 1 aliphatic rings. The van der Waals surface area contributed by atoms with Gasteiger partial charge in [-0.1, -0.05) is 68.8 Å². The van der Waals surface area contributed by atoms with Crippen molar-refractivity contribution in [2.45, 2.75) is 45.1 Å². The normalized spacial score (nSPS) is 17.9. The molecule has 0 spiro atoms. The Hall–Kier alpha value is -1.60. The Morgan fingerprint density at radius 3 is 2.48 bits per heavy atom. The van der Waals surface area contributed by atoms with Crippen LogP contribution in [0.5, 0.6) is 0 Å². The van der Waals surface area contributed by atoms with E-state index < -0.39 is 0 Å². The van der Waals surface area contributed by atoms with Gasteiger partial charge in [0.05, 0.1) is 0 Å². The molecular weight excluding hydrogens is 254 g/mol. The maximum absolute atomic E-state index is 3.69. The summed E-state index contributed by atoms with van der Waals surface area (Å²) in [5.41, 5.74) is 5.93. The Kier molecular flexibility index (Phi) is 4.40. The van der Waals surface area contributed by atoms with Crippen LogP contribution in [0.25, 0.3) is 0 Å². The molecule has 2 aromatic carbocycles. The van der Waals surface area contributed by atoms with E-state index in [9.17, 15) is 0 Å². The number of fused-ring (bicyclic) bond motifs is 1. The van der Waals surface area contributed by atoms with Crippen molar-refractivity contribution in [1.82, 2.24) is 5.32 Å². The van der Waals surface area contributed by atoms with Crippen molar-refractivity contribution in [3.8, 4) is 0 Å². The van der Waals surface area contributed by atoms with Crippen LogP contribution in [0.4, 0.5) is 0 Å². The minimum Gasteiger partial charge on any atom is -0.310 e. The summed E-state index contributed by atoms with van der Waals surface area (Å²) >= 11 is 0. The Morgan fingerprint density at radius 2 is 1.81 bits per heavy atom. The van der Waals surface area contributed by atoms with E-state index in [0.29, 0.717) is 12.0 Å². The van der Waals surface area contributed by atoms with Crippen LogP contribution in [-0.4, -0.2) is 6.54 Å². The molecule has 1 N–H and O–H groups in total. The minimum absolute atomic E-state index is 0.445. The molecule has 1 aliphatic carbocycles. The largest absolute Gasteiger partial charge is 0.310 e. The summed E-state index contributed by atoms with van der Waals surface area (Å²) in [5.74, 6) is 0.623. The molecule has 0 aromatic heterocycles. The molecule has 0 amide bonds. The van der Waals surface area contributed by atoms with E-state index in [4.69, 9.17) is 0 Å². The lowest BCUT2D eigenvalue weighted by molar-refractivity contribution is 0.419. The quantitative estimate of drug-likeness (QED) is 0.813. The van der Waals surface area contributed by atoms with E-state index in [1.54, 1.807) is 0 Å². The molecule has 1 heteroatoms. The molecule has 2 atom stereocenters. The molecule has 3 rings (SSSR count). The highest BCUT2D eigenvalue weighted by Gasteiger charge is 2.32. The van der Waals surface area contributed by atoms with Gasteiger partial charge in [0.1, 0.15) is 0 Å². The predicted octanol–water partition coefficient (Wildman–Crippen LogP) is 4.63. The molecule has 2 aromatic rings. The summed E-state index contributed by atoms with van der Waals surface area (Å²) in [7, 11) is 0. The molecule has 110 valence electrons. The maximum atomic E-state index is 3.69. The minimum atomic E-state index is 0.445. The van der Waals surface area contributed by atoms with Gasteiger partial charge in [0.25, 0.3) is 0 Å². The van der Waals surface area contributed by atoms with Gasteiger partial charge in [-0.2, -0.15) is 0 Å². The average molecular weight is 279 g/mol. The zero-order valence-corrected chi connectivity index (χ0v) is 13.1. The second-order valence-electron chi connectivity index (χ2n) is 6.04. The van der Waals surface area contributed by atoms with Crippen molar-refractivity contribution in [2.75, 3.05) is 6.54 Å². The topological polar surface area (TPSA) is 12.0 Å². The van der Waals surface area contributed by atoms with Crippen LogP contribution < -0.4 is 5.32 Å². The first-order valence-electron chi connectivity index (χ1n) is 8.23. The zero-order valence-electron chi connectivity index (χ0n) is 13.1. The first-order chi connectivity index (χ1) is 10.3. The van der Waals surface area contributed by atoms with E-state index in [1.807, 2.05) is 0 Å². The van der Waals surface area contributed by atoms with E-state index >= 15 is 0 Å². The number of likely N-dealkylation sites (N-methyl/N-ethyl adjacent to an activating group) is 1. The lowest BCUT2D eigenvalue weighted by Gasteiger charge is -2.37. The smallest absolute Gasteiger partial charge is 0.0392 e. The summed E-state index contributed by atoms with van der Waals surface area (Å²) in [4.78, 5) is 0. The summed E-state index contributed by atoms with van der Waals surface area (Å²) in [6, 6.07) is 18.5. The van der Waals surface area contributed by atoms with Gasteiger partial charge < -0.3 is 5.32 Å². The van der Waals surface area contributed by atoms with Gasteiger partial charge in [0.15, 0.2) is 0 Å². The first-order valence-corrected chi connectivity index (χ1v) is 8.23. The number of nitrogens with one attached hydrogen (secondary N) is 1. The lowest BCUT2D eigenvalue weighted by Crippen LogP contribution is -2.33. The van der Waals surface area contributed by atoms with Crippen LogP contribution in [0.3, 0.4) is 0 Å². The standard InChI is InChI=1S/C20H25N/c1-3-7-15-10-12-16(13-11-15)20(21-4-2)19-14-17-8-5-6-9-18(17)19/h5-6,8-13,19-21H,3-4,7,14H2,1-2H3. The highest BCUT2D eigenvalue weighted by molar-refractivity contribution is 5.43. The van der Waals surface area contributed by atoms with E-state index in [0.717, 1.165) is 6.54 Å². The average Bonchev–Trinajstić information content (AvgIpc) is 2.49. The Balaban J connectivity index is 1.82. The maximum Gasteiger partial charge on any atom is 0.0392 e. The second-order valence-corrected chi connectivity index (χ2v) is 6.04. The van der Waals surface area contributed by atoms with E-state index in [-0.39, 0.29) is 0 Å². The van der Waals surface area contributed by atoms with E-state index in [2.05, 4.69) is 67.7 Å². The molecule has 0 saturated carbocycles. The van der Waals surface area contributed by atoms with Gasteiger partial charge in [-0.3, -0.25) is 0 Å². The monoisotopic (exact) mass is 279 g/mol. The van der Waals surface area contributed by atoms with E-state index in [1.165, 1.54) is 41.5 Å². The van der Waals surface area contributed by atoms with Crippen LogP contribution in [0.15, 0.2) is 48.5 Å². The summed E-state index contributed by atoms with van der Waals surface area (Å²) < 4.78 is 0. The Bertz CT molecular complexity index is 585. The molecule has 0 saturated heterocycles. The second kappa shape index (κ2) is 6.44. The van der Waals surface area contributed by atoms with Crippen molar-refractivity contribution in [2.24, 2.45) is 0 Å². The molecule has 1 nitrogen and oxygen atoms in total. The van der Waals surface area contributed by atoms with Crippen molar-refractivity contribution in [1.29, 1.82) is 0 Å². The molecule has 0 bridgehead atoms. The third-order valence-electron chi connectivity index (χ3n) is 4.60. The zero-order chi connectivity index (χ0) is 14.7. The molecule has 21 heavy (non-hydrogen) atoms. The fraction of sp³-hybridized carbons (Fsp3) is 0.400. The van der Waals surface area contributed by atoms with Gasteiger partial charge >= 0.3 is 0 Å². The molecule has 0 fully saturated rings. The molecule has 0 radical (unpaired) electrons. The number of hydrogen-bond donors (Lipinski definition) is 1. The van der Waals surface area contributed by atoms with Crippen LogP contribution in [-0.2, 0) is 12.8 Å². The van der Waals surface area contributed by atoms with Gasteiger partial charge in [-0.15, -0.1) is 0 Å². The summed E-state index contributed by atoms with van der Waals surface area (Å²) in [5, 5.41) is 3.69. The fourth-order valence-electron chi connectivity index (χ4n) is 3.49. The third kappa shape index (κ3) is 2.89. The van der Waals surface area contributed by atoms with Crippen LogP contribution >= 0.6 is 0 Å². The van der Waals surface area contributed by atoms with Gasteiger partial charge in [0, 0.05) is 12.0 Å². The van der Waals surface area contributed by atoms with Crippen LogP contribution in [0.2, 0.25) is 0 Å². The SMILES string of the molecule is CCCc1ccc(C(NCC)C2Cc3ccccc32)cc1. The van der Waals surface area contributed by atoms with Crippen LogP contribution in [0, 0.1) is 0 Å². The molecule has 0 heterocycles. The molecular formula is C20H25N. The fourth-order valence-corrected chi connectivity index (χ4v) is 3.49. The molecule has 2 unspecified atom stereocenters. The highest BCUT2D eigenvalue weighted by Crippen LogP contribution is 2.43. The number of hydrogen-bond acceptors (Lipinski definition) is 1. The van der Waals surface area contributed by atoms with Gasteiger partial charge in [0.2, 0.25) is 0 Å². The lowest BCUT2D eigenvalue weighted by atomic mass is 9.71. The van der Waals surface area contributed by atoms with Gasteiger partial charge in [-0.25, -0.2) is 0 Å². The predicted molar refractivity (Wildman–Crippen MR) is 89.7 cm³/mol. The van der Waals surface area contributed by atoms with Crippen molar-refractivity contribution in [3.05, 3.63) is 70.8 Å².